The van der Waals surface area contributed by atoms with Gasteiger partial charge in [0.05, 0.1) is 48.6 Å². The van der Waals surface area contributed by atoms with Crippen molar-refractivity contribution >= 4 is 46.8 Å². The molecule has 7 fully saturated rings. The molecule has 3 N–H and O–H groups in total. The molecule has 6 bridgehead atoms. The number of alkyl halides is 3. The van der Waals surface area contributed by atoms with Gasteiger partial charge in [0.1, 0.15) is 18.6 Å². The normalized spacial score (nSPS) is 28.1. The maximum absolute atomic E-state index is 15.2. The molecular formula is C57H80F3N11O6. The number of pyridine rings is 1. The van der Waals surface area contributed by atoms with E-state index in [0.29, 0.717) is 90.5 Å². The lowest BCUT2D eigenvalue weighted by molar-refractivity contribution is -0.156. The monoisotopic (exact) mass is 1070 g/mol. The molecule has 17 nitrogen and oxygen atoms in total. The number of fused-ring (bicyclic) bond motifs is 7. The molecule has 77 heavy (non-hydrogen) atoms. The third-order valence-electron chi connectivity index (χ3n) is 18.1. The van der Waals surface area contributed by atoms with E-state index >= 15 is 22.8 Å². The average Bonchev–Trinajstić information content (AvgIpc) is 4.16. The number of anilines is 2. The van der Waals surface area contributed by atoms with Crippen molar-refractivity contribution in [1.82, 2.24) is 40.4 Å². The third kappa shape index (κ3) is 12.0. The van der Waals surface area contributed by atoms with Crippen molar-refractivity contribution in [2.24, 2.45) is 22.4 Å². The quantitative estimate of drug-likeness (QED) is 0.108. The van der Waals surface area contributed by atoms with E-state index in [0.717, 1.165) is 102 Å². The van der Waals surface area contributed by atoms with Crippen LogP contribution in [0.15, 0.2) is 35.6 Å². The lowest BCUT2D eigenvalue weighted by atomic mass is 9.84. The number of morpholine rings is 1. The number of carbonyl (C=O) groups is 3. The highest BCUT2D eigenvalue weighted by Crippen LogP contribution is 2.45. The minimum Gasteiger partial charge on any atom is -0.464 e. The Morgan fingerprint density at radius 2 is 1.74 bits per heavy atom. The van der Waals surface area contributed by atoms with E-state index < -0.39 is 48.4 Å². The zero-order chi connectivity index (χ0) is 53.6. The number of amides is 2. The summed E-state index contributed by atoms with van der Waals surface area (Å²) in [7, 11) is 0. The number of halogens is 3. The second-order valence-electron chi connectivity index (χ2n) is 24.2. The van der Waals surface area contributed by atoms with Crippen molar-refractivity contribution in [1.29, 1.82) is 0 Å². The Labute approximate surface area is 450 Å². The molecule has 20 heteroatoms. The number of nitrogens with zero attached hydrogens (tertiary/aromatic N) is 8. The highest BCUT2D eigenvalue weighted by atomic mass is 19.4. The van der Waals surface area contributed by atoms with Crippen molar-refractivity contribution in [2.75, 3.05) is 88.5 Å². The Hall–Kier alpha value is -5.02. The number of nitrogens with one attached hydrogen (secondary N) is 3. The van der Waals surface area contributed by atoms with Crippen molar-refractivity contribution in [2.45, 2.75) is 159 Å². The van der Waals surface area contributed by atoms with Crippen LogP contribution in [0.5, 0.6) is 0 Å². The van der Waals surface area contributed by atoms with Gasteiger partial charge in [-0.3, -0.25) is 34.2 Å². The molecule has 8 aliphatic rings. The van der Waals surface area contributed by atoms with E-state index in [2.05, 4.69) is 47.5 Å². The summed E-state index contributed by atoms with van der Waals surface area (Å²) in [6, 6.07) is 6.49. The second-order valence-corrected chi connectivity index (χ2v) is 24.2. The summed E-state index contributed by atoms with van der Waals surface area (Å²) in [5.41, 5.74) is 6.33. The lowest BCUT2D eigenvalue weighted by Gasteiger charge is -2.40. The maximum atomic E-state index is 15.2. The van der Waals surface area contributed by atoms with Gasteiger partial charge in [-0.15, -0.1) is 5.16 Å². The first-order valence-corrected chi connectivity index (χ1v) is 28.8. The van der Waals surface area contributed by atoms with Gasteiger partial charge in [-0.1, -0.05) is 26.7 Å². The minimum atomic E-state index is -4.61. The van der Waals surface area contributed by atoms with Gasteiger partial charge in [0.15, 0.2) is 6.10 Å². The number of oxime groups is 1. The molecule has 3 aromatic rings. The Kier molecular flexibility index (Phi) is 15.8. The van der Waals surface area contributed by atoms with Gasteiger partial charge in [-0.2, -0.15) is 13.2 Å². The van der Waals surface area contributed by atoms with Crippen LogP contribution in [0.2, 0.25) is 0 Å². The number of carbonyl (C=O) groups excluding carboxylic acids is 3. The number of hydrogen-bond acceptors (Lipinski definition) is 14. The van der Waals surface area contributed by atoms with Crippen LogP contribution in [-0.4, -0.2) is 170 Å². The van der Waals surface area contributed by atoms with Crippen LogP contribution < -0.4 is 25.9 Å². The zero-order valence-corrected chi connectivity index (χ0v) is 45.3. The Morgan fingerprint density at radius 1 is 0.948 bits per heavy atom. The summed E-state index contributed by atoms with van der Waals surface area (Å²) in [5.74, 6) is -0.221. The van der Waals surface area contributed by atoms with Crippen LogP contribution in [-0.2, 0) is 41.7 Å². The number of rotatable bonds is 11. The lowest BCUT2D eigenvalue weighted by Crippen LogP contribution is -2.62. The van der Waals surface area contributed by atoms with Gasteiger partial charge in [0, 0.05) is 105 Å². The summed E-state index contributed by atoms with van der Waals surface area (Å²) in [4.78, 5) is 64.3. The van der Waals surface area contributed by atoms with E-state index in [1.165, 1.54) is 22.4 Å². The summed E-state index contributed by atoms with van der Waals surface area (Å²) < 4.78 is 59.7. The number of hydrogen-bond donors (Lipinski definition) is 3. The molecule has 2 aliphatic carbocycles. The molecule has 0 spiro atoms. The fourth-order valence-electron chi connectivity index (χ4n) is 14.1. The van der Waals surface area contributed by atoms with Gasteiger partial charge in [0.25, 0.3) is 5.91 Å². The molecule has 2 amide bonds. The molecule has 2 saturated carbocycles. The van der Waals surface area contributed by atoms with Crippen molar-refractivity contribution < 1.29 is 41.9 Å². The second kappa shape index (κ2) is 22.6. The van der Waals surface area contributed by atoms with E-state index in [1.54, 1.807) is 19.2 Å². The highest BCUT2D eigenvalue weighted by molar-refractivity contribution is 5.95. The minimum absolute atomic E-state index is 0.0558. The van der Waals surface area contributed by atoms with Gasteiger partial charge in [-0.05, 0) is 126 Å². The highest BCUT2D eigenvalue weighted by Gasteiger charge is 2.43. The van der Waals surface area contributed by atoms with Crippen LogP contribution in [0, 0.1) is 17.3 Å². The smallest absolute Gasteiger partial charge is 0.406 e. The largest absolute Gasteiger partial charge is 0.464 e. The van der Waals surface area contributed by atoms with Crippen LogP contribution in [0.1, 0.15) is 115 Å². The van der Waals surface area contributed by atoms with Crippen molar-refractivity contribution in [3.63, 3.8) is 0 Å². The Bertz CT molecular complexity index is 2620. The number of likely N-dealkylation sites (tertiary alicyclic amines) is 1. The van der Waals surface area contributed by atoms with Crippen molar-refractivity contribution in [3.05, 3.63) is 41.7 Å². The number of hydrazine groups is 1. The predicted molar refractivity (Wildman–Crippen MR) is 288 cm³/mol. The molecule has 8 heterocycles. The van der Waals surface area contributed by atoms with Gasteiger partial charge >= 0.3 is 12.1 Å². The number of cyclic esters (lactones) is 1. The van der Waals surface area contributed by atoms with E-state index in [4.69, 9.17) is 19.3 Å². The van der Waals surface area contributed by atoms with Crippen LogP contribution >= 0.6 is 0 Å². The number of ether oxygens (including phenoxy) is 2. The molecule has 6 aliphatic heterocycles. The molecule has 420 valence electrons. The summed E-state index contributed by atoms with van der Waals surface area (Å²) >= 11 is 0. The molecule has 0 radical (unpaired) electrons. The van der Waals surface area contributed by atoms with E-state index in [1.807, 2.05) is 32.0 Å². The molecular weight excluding hydrogens is 992 g/mol. The van der Waals surface area contributed by atoms with Crippen molar-refractivity contribution in [3.8, 4) is 11.3 Å². The van der Waals surface area contributed by atoms with Crippen LogP contribution in [0.3, 0.4) is 0 Å². The van der Waals surface area contributed by atoms with Gasteiger partial charge in [-0.25, -0.2) is 5.43 Å². The first-order valence-electron chi connectivity index (χ1n) is 28.8. The number of benzene rings is 1. The molecule has 1 aromatic carbocycles. The predicted octanol–water partition coefficient (Wildman–Crippen LogP) is 6.58. The molecule has 11 rings (SSSR count). The first kappa shape index (κ1) is 54.0. The molecule has 7 atom stereocenters. The Balaban J connectivity index is 0.975. The van der Waals surface area contributed by atoms with Gasteiger partial charge in [0.2, 0.25) is 5.91 Å². The standard InChI is InChI=1S/C57H80F3N11O6/c1-36(77-61-4)50-44(29-41(32-63-50)67-24-22-66(23-25-67)39-11-12-39)52-45-31-56(2,3)35-76-55(74)47-10-7-19-71(65-47)54(73)48(64-53(72)51(38-8-5-6-9-38)68-20-16-37-15-18-62-46(37)17-21-68)30-42-33-69(26-27-75-42)40-13-14-49(43(45)28-40)70(52)34-57(58,59)60/h13-14,28-29,32,36-39,42,46-48,51,62,65H,4-12,15-27,30-31,33-35H2,1-3H3,(H,64,72)/t36-,37-,42-,46?,47-,48-,51-/m0/s1. The van der Waals surface area contributed by atoms with Crippen LogP contribution in [0.4, 0.5) is 24.5 Å². The fraction of sp³-hybridized carbons (Fsp3) is 0.702. The zero-order valence-electron chi connectivity index (χ0n) is 45.3. The topological polar surface area (TPSA) is 161 Å². The number of piperazine rings is 1. The summed E-state index contributed by atoms with van der Waals surface area (Å²) in [5, 5.41) is 12.9. The van der Waals surface area contributed by atoms with Crippen LogP contribution in [0.25, 0.3) is 22.2 Å². The number of esters is 1. The summed E-state index contributed by atoms with van der Waals surface area (Å²) in [6.45, 7) is 15.4. The third-order valence-corrected chi connectivity index (χ3v) is 18.1. The SMILES string of the molecule is C=NO[C@@H](C)c1ncc(N2CCN(C3CC3)CC2)cc1-c1c2c3cc(ccc3n1CC(F)(F)F)N1CCO[C@@H](C[C@H](NC(=O)[C@H](C3CCCC3)N3CCC4NCC[C@H]4CC3)C(=O)N3CCC[C@H](N3)C(=O)OCC(C)(C)C2)C1. The van der Waals surface area contributed by atoms with E-state index in [9.17, 15) is 4.79 Å². The fourth-order valence-corrected chi connectivity index (χ4v) is 14.1. The molecule has 5 saturated heterocycles. The average molecular weight is 1070 g/mol. The van der Waals surface area contributed by atoms with Gasteiger partial charge < -0.3 is 39.3 Å². The molecule has 2 aromatic heterocycles. The first-order chi connectivity index (χ1) is 37.1. The molecule has 1 unspecified atom stereocenters. The van der Waals surface area contributed by atoms with E-state index in [-0.39, 0.29) is 43.2 Å². The Morgan fingerprint density at radius 3 is 2.51 bits per heavy atom. The number of aromatic nitrogens is 2. The maximum Gasteiger partial charge on any atom is 0.406 e. The summed E-state index contributed by atoms with van der Waals surface area (Å²) in [6.07, 6.45) is 6.93.